The summed E-state index contributed by atoms with van der Waals surface area (Å²) in [6, 6.07) is 40.3. The monoisotopic (exact) mass is 726 g/mol. The van der Waals surface area contributed by atoms with Gasteiger partial charge >= 0.3 is 0 Å². The van der Waals surface area contributed by atoms with Crippen molar-refractivity contribution >= 4 is 25.4 Å². The molecule has 0 spiro atoms. The van der Waals surface area contributed by atoms with E-state index >= 15 is 0 Å². The quantitative estimate of drug-likeness (QED) is 0.158. The molecule has 0 aromatic heterocycles. The fourth-order valence-electron chi connectivity index (χ4n) is 8.53. The molecule has 2 aliphatic carbocycles. The largest absolute Gasteiger partial charge is 0.137 e. The summed E-state index contributed by atoms with van der Waals surface area (Å²) >= 11 is 0. The van der Waals surface area contributed by atoms with E-state index < -0.39 is 8.07 Å². The van der Waals surface area contributed by atoms with Crippen molar-refractivity contribution in [2.24, 2.45) is 0 Å². The van der Waals surface area contributed by atoms with Crippen molar-refractivity contribution in [3.05, 3.63) is 158 Å². The molecule has 5 aromatic rings. The fourth-order valence-corrected chi connectivity index (χ4v) is 12.5. The van der Waals surface area contributed by atoms with Gasteiger partial charge in [0.25, 0.3) is 0 Å². The minimum atomic E-state index is -2.34. The van der Waals surface area contributed by atoms with Crippen LogP contribution in [0.4, 0.5) is 0 Å². The fraction of sp³-hybridized carbons (Fsp3) is 0.358. The van der Waals surface area contributed by atoms with Crippen LogP contribution in [0.1, 0.15) is 128 Å². The third-order valence-corrected chi connectivity index (χ3v) is 17.1. The van der Waals surface area contributed by atoms with Crippen molar-refractivity contribution in [3.63, 3.8) is 0 Å². The van der Waals surface area contributed by atoms with Gasteiger partial charge in [0, 0.05) is 0 Å². The summed E-state index contributed by atoms with van der Waals surface area (Å²) in [5.41, 5.74) is 17.0. The first-order valence-electron chi connectivity index (χ1n) is 20.2. The Bertz CT molecular complexity index is 2090. The summed E-state index contributed by atoms with van der Waals surface area (Å²) in [5, 5.41) is 4.73. The lowest BCUT2D eigenvalue weighted by Crippen LogP contribution is -2.49. The molecule has 0 saturated heterocycles. The molecule has 5 aromatic carbocycles. The van der Waals surface area contributed by atoms with Crippen molar-refractivity contribution in [1.82, 2.24) is 0 Å². The van der Waals surface area contributed by atoms with E-state index in [9.17, 15) is 0 Å². The van der Waals surface area contributed by atoms with Crippen LogP contribution in [0.2, 0.25) is 6.55 Å². The average molecular weight is 727 g/mol. The van der Waals surface area contributed by atoms with Gasteiger partial charge in [-0.15, -0.1) is 0 Å². The van der Waals surface area contributed by atoms with Crippen molar-refractivity contribution in [3.8, 4) is 22.3 Å². The van der Waals surface area contributed by atoms with Crippen molar-refractivity contribution in [2.45, 2.75) is 124 Å². The molecule has 0 heterocycles. The molecule has 7 rings (SSSR count). The van der Waals surface area contributed by atoms with Crippen LogP contribution in [0.15, 0.2) is 114 Å². The van der Waals surface area contributed by atoms with Gasteiger partial charge in [0.05, 0.1) is 0 Å². The predicted molar refractivity (Wildman–Crippen MR) is 240 cm³/mol. The van der Waals surface area contributed by atoms with Crippen LogP contribution < -0.4 is 5.19 Å². The minimum absolute atomic E-state index is 0.0684. The molecule has 0 atom stereocenters. The molecule has 0 unspecified atom stereocenters. The highest BCUT2D eigenvalue weighted by Gasteiger charge is 2.42. The zero-order chi connectivity index (χ0) is 39.0. The summed E-state index contributed by atoms with van der Waals surface area (Å²) in [6.07, 6.45) is 7.26. The molecule has 0 aliphatic heterocycles. The molecule has 0 N–H and O–H groups in total. The van der Waals surface area contributed by atoms with E-state index in [1.807, 2.05) is 0 Å². The maximum atomic E-state index is 2.63. The van der Waals surface area contributed by atoms with Crippen LogP contribution in [0, 0.1) is 0 Å². The molecule has 0 radical (unpaired) electrons. The van der Waals surface area contributed by atoms with Gasteiger partial charge in [0.1, 0.15) is 8.07 Å². The Morgan fingerprint density at radius 3 is 1.09 bits per heavy atom. The summed E-state index contributed by atoms with van der Waals surface area (Å²) < 4.78 is 0. The SMILES string of the molecule is CC(C)(C)c1cc(-c2cccc3c2C=C([Si](C)(C2=Cc4c(cccc4-c4cc(C(C)(C)C)cc(C(C)(C)C)c4)C2)c2ccccc2)C3)cc(C(C)(C)C)c1. The zero-order valence-corrected chi connectivity index (χ0v) is 36.4. The number of rotatable bonds is 5. The van der Waals surface area contributed by atoms with Crippen LogP contribution >= 0.6 is 0 Å². The zero-order valence-electron chi connectivity index (χ0n) is 35.4. The Morgan fingerprint density at radius 1 is 0.407 bits per heavy atom. The summed E-state index contributed by atoms with van der Waals surface area (Å²) in [4.78, 5) is 0. The molecule has 0 amide bonds. The van der Waals surface area contributed by atoms with Crippen LogP contribution in [-0.2, 0) is 34.5 Å². The highest BCUT2D eigenvalue weighted by atomic mass is 28.3. The molecule has 0 fully saturated rings. The van der Waals surface area contributed by atoms with Crippen molar-refractivity contribution in [2.75, 3.05) is 0 Å². The molecule has 2 aliphatic rings. The number of benzene rings is 5. The summed E-state index contributed by atoms with van der Waals surface area (Å²) in [7, 11) is -2.34. The topological polar surface area (TPSA) is 0 Å². The lowest BCUT2D eigenvalue weighted by atomic mass is 9.78. The van der Waals surface area contributed by atoms with Crippen molar-refractivity contribution < 1.29 is 0 Å². The Morgan fingerprint density at radius 2 is 0.759 bits per heavy atom. The molecule has 278 valence electrons. The first-order valence-corrected chi connectivity index (χ1v) is 22.7. The van der Waals surface area contributed by atoms with E-state index in [1.165, 1.54) is 71.9 Å². The molecule has 1 heteroatoms. The third kappa shape index (κ3) is 7.06. The maximum Gasteiger partial charge on any atom is 0.137 e. The molecule has 0 saturated carbocycles. The van der Waals surface area contributed by atoms with Gasteiger partial charge in [-0.2, -0.15) is 0 Å². The molecule has 54 heavy (non-hydrogen) atoms. The third-order valence-electron chi connectivity index (χ3n) is 12.4. The van der Waals surface area contributed by atoms with Crippen LogP contribution in [-0.4, -0.2) is 8.07 Å². The van der Waals surface area contributed by atoms with Gasteiger partial charge in [-0.05, 0) is 101 Å². The first-order chi connectivity index (χ1) is 25.1. The minimum Gasteiger partial charge on any atom is -0.0668 e. The van der Waals surface area contributed by atoms with Crippen LogP contribution in [0.3, 0.4) is 0 Å². The first kappa shape index (κ1) is 38.1. The van der Waals surface area contributed by atoms with E-state index in [2.05, 4.69) is 205 Å². The standard InChI is InChI=1S/C53H62Si/c1-50(2,3)39-25-37(26-40(31-39)51(4,5)6)46-23-17-19-35-29-44(33-48(35)46)54(13,43-21-15-14-16-22-43)45-30-36-20-18-24-47(49(36)34-45)38-27-41(52(7,8)9)32-42(28-38)53(10,11)12/h14-28,31-34H,29-30H2,1-13H3. The van der Waals surface area contributed by atoms with Crippen LogP contribution in [0.25, 0.3) is 34.4 Å². The highest BCUT2D eigenvalue weighted by Crippen LogP contribution is 2.45. The normalized spacial score (nSPS) is 14.8. The Hall–Kier alpha value is -4.20. The molecular weight excluding hydrogens is 665 g/mol. The smallest absolute Gasteiger partial charge is 0.0668 e. The van der Waals surface area contributed by atoms with E-state index in [4.69, 9.17) is 0 Å². The number of fused-ring (bicyclic) bond motifs is 2. The Balaban J connectivity index is 1.38. The van der Waals surface area contributed by atoms with Gasteiger partial charge in [-0.25, -0.2) is 0 Å². The lowest BCUT2D eigenvalue weighted by molar-refractivity contribution is 0.568. The second-order valence-corrected chi connectivity index (χ2v) is 24.7. The second kappa shape index (κ2) is 13.2. The van der Waals surface area contributed by atoms with E-state index in [0.717, 1.165) is 12.8 Å². The number of hydrogen-bond acceptors (Lipinski definition) is 0. The highest BCUT2D eigenvalue weighted by molar-refractivity contribution is 7.03. The maximum absolute atomic E-state index is 2.63. The predicted octanol–water partition coefficient (Wildman–Crippen LogP) is 13.9. The van der Waals surface area contributed by atoms with Gasteiger partial charge < -0.3 is 0 Å². The van der Waals surface area contributed by atoms with Crippen LogP contribution in [0.5, 0.6) is 0 Å². The lowest BCUT2D eigenvalue weighted by Gasteiger charge is -2.32. The van der Waals surface area contributed by atoms with E-state index in [0.29, 0.717) is 0 Å². The molecular formula is C53H62Si. The Labute approximate surface area is 328 Å². The summed E-state index contributed by atoms with van der Waals surface area (Å²) in [6.45, 7) is 30.7. The van der Waals surface area contributed by atoms with E-state index in [1.54, 1.807) is 10.4 Å². The Kier molecular flexibility index (Phi) is 9.33. The number of allylic oxidation sites excluding steroid dienone is 2. The van der Waals surface area contributed by atoms with Crippen molar-refractivity contribution in [1.29, 1.82) is 0 Å². The van der Waals surface area contributed by atoms with Gasteiger partial charge in [-0.3, -0.25) is 0 Å². The molecule has 0 nitrogen and oxygen atoms in total. The second-order valence-electron chi connectivity index (χ2n) is 20.5. The van der Waals surface area contributed by atoms with Gasteiger partial charge in [0.15, 0.2) is 0 Å². The van der Waals surface area contributed by atoms with Gasteiger partial charge in [0.2, 0.25) is 0 Å². The molecule has 0 bridgehead atoms. The average Bonchev–Trinajstić information content (AvgIpc) is 3.75. The van der Waals surface area contributed by atoms with Gasteiger partial charge in [-0.1, -0.05) is 220 Å². The number of hydrogen-bond donors (Lipinski definition) is 0. The van der Waals surface area contributed by atoms with E-state index in [-0.39, 0.29) is 21.7 Å². The summed E-state index contributed by atoms with van der Waals surface area (Å²) in [5.74, 6) is 0.